The van der Waals surface area contributed by atoms with Gasteiger partial charge in [-0.05, 0) is 30.7 Å². The molecule has 1 fully saturated rings. The van der Waals surface area contributed by atoms with Gasteiger partial charge in [-0.1, -0.05) is 37.3 Å². The van der Waals surface area contributed by atoms with Gasteiger partial charge in [-0.15, -0.1) is 0 Å². The van der Waals surface area contributed by atoms with Gasteiger partial charge >= 0.3 is 0 Å². The molecule has 1 aliphatic carbocycles. The molecule has 0 bridgehead atoms. The van der Waals surface area contributed by atoms with Gasteiger partial charge in [0, 0.05) is 12.3 Å². The highest BCUT2D eigenvalue weighted by Gasteiger charge is 2.28. The lowest BCUT2D eigenvalue weighted by Crippen LogP contribution is -2.29. The fourth-order valence-corrected chi connectivity index (χ4v) is 2.84. The summed E-state index contributed by atoms with van der Waals surface area (Å²) in [6.45, 7) is 2.98. The molecule has 1 aromatic rings. The monoisotopic (exact) mass is 276 g/mol. The van der Waals surface area contributed by atoms with E-state index < -0.39 is 6.10 Å². The van der Waals surface area contributed by atoms with Crippen LogP contribution in [0.3, 0.4) is 0 Å². The van der Waals surface area contributed by atoms with Crippen molar-refractivity contribution in [2.24, 2.45) is 11.8 Å². The molecule has 0 aromatic heterocycles. The molecule has 1 aliphatic rings. The Hall–Kier alpha value is -1.19. The van der Waals surface area contributed by atoms with E-state index in [9.17, 15) is 9.90 Å². The van der Waals surface area contributed by atoms with Crippen LogP contribution in [0.4, 0.5) is 0 Å². The zero-order valence-electron chi connectivity index (χ0n) is 12.1. The Morgan fingerprint density at radius 3 is 2.85 bits per heavy atom. The Bertz CT molecular complexity index is 416. The van der Waals surface area contributed by atoms with Gasteiger partial charge in [0.15, 0.2) is 0 Å². The van der Waals surface area contributed by atoms with Crippen LogP contribution in [0.15, 0.2) is 30.3 Å². The van der Waals surface area contributed by atoms with Crippen LogP contribution in [-0.2, 0) is 16.1 Å². The van der Waals surface area contributed by atoms with Crippen LogP contribution in [0.5, 0.6) is 0 Å². The molecule has 20 heavy (non-hydrogen) atoms. The summed E-state index contributed by atoms with van der Waals surface area (Å²) >= 11 is 0. The molecule has 110 valence electrons. The summed E-state index contributed by atoms with van der Waals surface area (Å²) < 4.78 is 5.52. The number of hydrogen-bond donors (Lipinski definition) is 1. The first kappa shape index (κ1) is 15.2. The van der Waals surface area contributed by atoms with Gasteiger partial charge in [0.25, 0.3) is 0 Å². The number of carbonyl (C=O) groups is 1. The maximum Gasteiger partial charge on any atom is 0.136 e. The molecule has 0 saturated heterocycles. The maximum atomic E-state index is 11.8. The maximum absolute atomic E-state index is 11.8. The Balaban J connectivity index is 1.69. The van der Waals surface area contributed by atoms with Crippen molar-refractivity contribution in [3.05, 3.63) is 35.9 Å². The lowest BCUT2D eigenvalue weighted by molar-refractivity contribution is -0.127. The average molecular weight is 276 g/mol. The third kappa shape index (κ3) is 4.73. The summed E-state index contributed by atoms with van der Waals surface area (Å²) in [7, 11) is 0. The molecule has 3 unspecified atom stereocenters. The predicted molar refractivity (Wildman–Crippen MR) is 78.2 cm³/mol. The van der Waals surface area contributed by atoms with Gasteiger partial charge in [-0.3, -0.25) is 4.79 Å². The van der Waals surface area contributed by atoms with Crippen molar-refractivity contribution in [1.29, 1.82) is 0 Å². The first-order valence-corrected chi connectivity index (χ1v) is 7.47. The highest BCUT2D eigenvalue weighted by Crippen LogP contribution is 2.29. The van der Waals surface area contributed by atoms with E-state index in [1.54, 1.807) is 0 Å². The van der Waals surface area contributed by atoms with Crippen LogP contribution in [0.1, 0.15) is 38.2 Å². The number of benzene rings is 1. The molecule has 0 spiro atoms. The summed E-state index contributed by atoms with van der Waals surface area (Å²) in [5.74, 6) is 0.925. The fourth-order valence-electron chi connectivity index (χ4n) is 2.84. The number of ether oxygens (including phenoxy) is 1. The molecule has 1 aromatic carbocycles. The molecule has 1 saturated carbocycles. The van der Waals surface area contributed by atoms with E-state index in [-0.39, 0.29) is 5.92 Å². The highest BCUT2D eigenvalue weighted by molar-refractivity contribution is 5.81. The first-order valence-electron chi connectivity index (χ1n) is 7.47. The molecular formula is C17H24O3. The zero-order valence-corrected chi connectivity index (χ0v) is 12.1. The molecular weight excluding hydrogens is 252 g/mol. The van der Waals surface area contributed by atoms with Crippen molar-refractivity contribution in [3.63, 3.8) is 0 Å². The van der Waals surface area contributed by atoms with E-state index in [0.717, 1.165) is 18.4 Å². The van der Waals surface area contributed by atoms with Crippen LogP contribution in [0.25, 0.3) is 0 Å². The Morgan fingerprint density at radius 1 is 1.35 bits per heavy atom. The lowest BCUT2D eigenvalue weighted by Gasteiger charge is -2.27. The Morgan fingerprint density at radius 2 is 2.10 bits per heavy atom. The fraction of sp³-hybridized carbons (Fsp3) is 0.588. The van der Waals surface area contributed by atoms with Crippen molar-refractivity contribution in [2.75, 3.05) is 6.61 Å². The van der Waals surface area contributed by atoms with Gasteiger partial charge in [-0.2, -0.15) is 0 Å². The van der Waals surface area contributed by atoms with Crippen LogP contribution >= 0.6 is 0 Å². The van der Waals surface area contributed by atoms with Gasteiger partial charge < -0.3 is 9.84 Å². The van der Waals surface area contributed by atoms with Gasteiger partial charge in [-0.25, -0.2) is 0 Å². The predicted octanol–water partition coefficient (Wildman–Crippen LogP) is 2.96. The van der Waals surface area contributed by atoms with E-state index in [4.69, 9.17) is 4.74 Å². The summed E-state index contributed by atoms with van der Waals surface area (Å²) in [5.41, 5.74) is 1.10. The van der Waals surface area contributed by atoms with Crippen LogP contribution in [-0.4, -0.2) is 23.6 Å². The number of aliphatic hydroxyl groups excluding tert-OH is 1. The van der Waals surface area contributed by atoms with Crippen molar-refractivity contribution < 1.29 is 14.6 Å². The van der Waals surface area contributed by atoms with Crippen LogP contribution in [0, 0.1) is 11.8 Å². The van der Waals surface area contributed by atoms with Gasteiger partial charge in [0.1, 0.15) is 5.78 Å². The minimum atomic E-state index is -0.544. The van der Waals surface area contributed by atoms with Crippen molar-refractivity contribution >= 4 is 5.78 Å². The molecule has 2 rings (SSSR count). The molecule has 0 amide bonds. The molecule has 3 atom stereocenters. The van der Waals surface area contributed by atoms with Crippen molar-refractivity contribution in [1.82, 2.24) is 0 Å². The Labute approximate surface area is 121 Å². The number of ketones is 1. The number of carbonyl (C=O) groups excluding carboxylic acids is 1. The third-order valence-corrected chi connectivity index (χ3v) is 4.00. The van der Waals surface area contributed by atoms with E-state index in [1.165, 1.54) is 0 Å². The number of aliphatic hydroxyl groups is 1. The SMILES string of the molecule is CC1CCC(=O)C(CC(O)COCc2ccccc2)C1. The minimum Gasteiger partial charge on any atom is -0.391 e. The van der Waals surface area contributed by atoms with Crippen LogP contribution < -0.4 is 0 Å². The third-order valence-electron chi connectivity index (χ3n) is 4.00. The van der Waals surface area contributed by atoms with E-state index in [2.05, 4.69) is 6.92 Å². The smallest absolute Gasteiger partial charge is 0.136 e. The topological polar surface area (TPSA) is 46.5 Å². The standard InChI is InChI=1S/C17H24O3/c1-13-7-8-17(19)15(9-13)10-16(18)12-20-11-14-5-3-2-4-6-14/h2-6,13,15-16,18H,7-12H2,1H3. The lowest BCUT2D eigenvalue weighted by atomic mass is 9.79. The zero-order chi connectivity index (χ0) is 14.4. The quantitative estimate of drug-likeness (QED) is 0.869. The molecule has 0 aliphatic heterocycles. The molecule has 3 nitrogen and oxygen atoms in total. The summed E-state index contributed by atoms with van der Waals surface area (Å²) in [6, 6.07) is 9.90. The number of rotatable bonds is 6. The average Bonchev–Trinajstić information content (AvgIpc) is 2.44. The molecule has 0 radical (unpaired) electrons. The number of hydrogen-bond acceptors (Lipinski definition) is 3. The normalized spacial score (nSPS) is 24.6. The summed E-state index contributed by atoms with van der Waals surface area (Å²) in [4.78, 5) is 11.8. The minimum absolute atomic E-state index is 0.0223. The van der Waals surface area contributed by atoms with E-state index >= 15 is 0 Å². The van der Waals surface area contributed by atoms with Crippen molar-refractivity contribution in [3.8, 4) is 0 Å². The van der Waals surface area contributed by atoms with E-state index in [1.807, 2.05) is 30.3 Å². The Kier molecular flexibility index (Phi) is 5.74. The second kappa shape index (κ2) is 7.55. The molecule has 1 N–H and O–H groups in total. The second-order valence-electron chi connectivity index (χ2n) is 5.93. The van der Waals surface area contributed by atoms with Gasteiger partial charge in [0.05, 0.1) is 19.3 Å². The molecule has 0 heterocycles. The second-order valence-corrected chi connectivity index (χ2v) is 5.93. The van der Waals surface area contributed by atoms with Crippen molar-refractivity contribution in [2.45, 2.75) is 45.3 Å². The first-order chi connectivity index (χ1) is 9.65. The molecule has 3 heteroatoms. The number of Topliss-reactive ketones (excluding diaryl/α,β-unsaturated/α-hetero) is 1. The largest absolute Gasteiger partial charge is 0.391 e. The van der Waals surface area contributed by atoms with E-state index in [0.29, 0.717) is 37.8 Å². The van der Waals surface area contributed by atoms with Crippen LogP contribution in [0.2, 0.25) is 0 Å². The summed E-state index contributed by atoms with van der Waals surface area (Å²) in [5, 5.41) is 10.0. The summed E-state index contributed by atoms with van der Waals surface area (Å²) in [6.07, 6.45) is 2.57. The van der Waals surface area contributed by atoms with Gasteiger partial charge in [0.2, 0.25) is 0 Å². The highest BCUT2D eigenvalue weighted by atomic mass is 16.5.